The van der Waals surface area contributed by atoms with E-state index >= 15 is 0 Å². The standard InChI is InChI=1S/C13H10FN3O/c1-8-2-3-10(6-11(8)14)18-13-12(16)9(7-15)4-5-17-13/h2-6H,16H2,1H3. The third-order valence-electron chi connectivity index (χ3n) is 2.43. The van der Waals surface area contributed by atoms with E-state index in [9.17, 15) is 4.39 Å². The number of nitrogen functional groups attached to an aromatic ring is 1. The van der Waals surface area contributed by atoms with E-state index in [0.717, 1.165) is 0 Å². The normalized spacial score (nSPS) is 9.83. The number of rotatable bonds is 2. The van der Waals surface area contributed by atoms with E-state index in [1.54, 1.807) is 19.1 Å². The smallest absolute Gasteiger partial charge is 0.244 e. The predicted octanol–water partition coefficient (Wildman–Crippen LogP) is 2.78. The van der Waals surface area contributed by atoms with Crippen molar-refractivity contribution in [3.63, 3.8) is 0 Å². The van der Waals surface area contributed by atoms with Gasteiger partial charge in [0, 0.05) is 12.3 Å². The van der Waals surface area contributed by atoms with Gasteiger partial charge in [-0.2, -0.15) is 5.26 Å². The lowest BCUT2D eigenvalue weighted by Gasteiger charge is -2.08. The van der Waals surface area contributed by atoms with E-state index in [0.29, 0.717) is 5.56 Å². The summed E-state index contributed by atoms with van der Waals surface area (Å²) in [6.45, 7) is 1.65. The van der Waals surface area contributed by atoms with E-state index in [2.05, 4.69) is 4.98 Å². The monoisotopic (exact) mass is 243 g/mol. The molecule has 0 bridgehead atoms. The highest BCUT2D eigenvalue weighted by atomic mass is 19.1. The molecule has 90 valence electrons. The molecule has 1 heterocycles. The molecule has 0 saturated carbocycles. The van der Waals surface area contributed by atoms with E-state index < -0.39 is 0 Å². The summed E-state index contributed by atoms with van der Waals surface area (Å²) >= 11 is 0. The summed E-state index contributed by atoms with van der Waals surface area (Å²) < 4.78 is 18.7. The quantitative estimate of drug-likeness (QED) is 0.880. The van der Waals surface area contributed by atoms with Crippen molar-refractivity contribution in [3.05, 3.63) is 47.4 Å². The van der Waals surface area contributed by atoms with Gasteiger partial charge < -0.3 is 10.5 Å². The lowest BCUT2D eigenvalue weighted by molar-refractivity contribution is 0.460. The van der Waals surface area contributed by atoms with Crippen LogP contribution in [-0.4, -0.2) is 4.98 Å². The Labute approximate surface area is 103 Å². The van der Waals surface area contributed by atoms with Crippen molar-refractivity contribution in [2.45, 2.75) is 6.92 Å². The van der Waals surface area contributed by atoms with Crippen LogP contribution in [0.1, 0.15) is 11.1 Å². The van der Waals surface area contributed by atoms with Gasteiger partial charge in [-0.1, -0.05) is 6.07 Å². The molecule has 1 aromatic carbocycles. The van der Waals surface area contributed by atoms with Crippen LogP contribution in [0, 0.1) is 24.1 Å². The molecule has 2 N–H and O–H groups in total. The van der Waals surface area contributed by atoms with Crippen LogP contribution in [0.2, 0.25) is 0 Å². The Morgan fingerprint density at radius 2 is 2.17 bits per heavy atom. The number of nitriles is 1. The Hall–Kier alpha value is -2.61. The molecule has 4 nitrogen and oxygen atoms in total. The van der Waals surface area contributed by atoms with Crippen LogP contribution < -0.4 is 10.5 Å². The molecular weight excluding hydrogens is 233 g/mol. The minimum atomic E-state index is -0.373. The van der Waals surface area contributed by atoms with Gasteiger partial charge in [0.1, 0.15) is 23.3 Å². The number of halogens is 1. The highest BCUT2D eigenvalue weighted by Gasteiger charge is 2.09. The van der Waals surface area contributed by atoms with Gasteiger partial charge in [0.2, 0.25) is 5.88 Å². The molecular formula is C13H10FN3O. The third-order valence-corrected chi connectivity index (χ3v) is 2.43. The molecule has 5 heteroatoms. The summed E-state index contributed by atoms with van der Waals surface area (Å²) in [7, 11) is 0. The highest BCUT2D eigenvalue weighted by molar-refractivity contribution is 5.60. The molecule has 0 saturated heterocycles. The van der Waals surface area contributed by atoms with Crippen molar-refractivity contribution in [1.82, 2.24) is 4.98 Å². The molecule has 18 heavy (non-hydrogen) atoms. The molecule has 0 atom stereocenters. The summed E-state index contributed by atoms with van der Waals surface area (Å²) in [5.74, 6) is 0.00667. The van der Waals surface area contributed by atoms with Gasteiger partial charge in [-0.05, 0) is 24.6 Å². The first kappa shape index (κ1) is 11.9. The summed E-state index contributed by atoms with van der Waals surface area (Å²) in [6, 6.07) is 7.85. The molecule has 1 aromatic heterocycles. The minimum Gasteiger partial charge on any atom is -0.437 e. The zero-order valence-electron chi connectivity index (χ0n) is 9.64. The first-order chi connectivity index (χ1) is 8.61. The number of nitrogens with zero attached hydrogens (tertiary/aromatic N) is 2. The maximum absolute atomic E-state index is 13.3. The zero-order chi connectivity index (χ0) is 13.1. The molecule has 0 aliphatic carbocycles. The molecule has 0 aliphatic heterocycles. The lowest BCUT2D eigenvalue weighted by Crippen LogP contribution is -1.98. The van der Waals surface area contributed by atoms with Gasteiger partial charge in [0.15, 0.2) is 0 Å². The summed E-state index contributed by atoms with van der Waals surface area (Å²) in [5.41, 5.74) is 6.64. The fourth-order valence-corrected chi connectivity index (χ4v) is 1.38. The predicted molar refractivity (Wildman–Crippen MR) is 64.6 cm³/mol. The minimum absolute atomic E-state index is 0.0947. The van der Waals surface area contributed by atoms with Crippen LogP contribution in [0.3, 0.4) is 0 Å². The van der Waals surface area contributed by atoms with Crippen molar-refractivity contribution in [3.8, 4) is 17.7 Å². The van der Waals surface area contributed by atoms with Gasteiger partial charge in [-0.25, -0.2) is 9.37 Å². The first-order valence-corrected chi connectivity index (χ1v) is 5.20. The maximum Gasteiger partial charge on any atom is 0.244 e. The Kier molecular flexibility index (Phi) is 3.11. The topological polar surface area (TPSA) is 71.9 Å². The van der Waals surface area contributed by atoms with Crippen LogP contribution in [0.4, 0.5) is 10.1 Å². The number of hydrogen-bond donors (Lipinski definition) is 1. The van der Waals surface area contributed by atoms with Crippen molar-refractivity contribution >= 4 is 5.69 Å². The molecule has 0 aliphatic rings. The summed E-state index contributed by atoms with van der Waals surface area (Å²) in [5, 5.41) is 8.82. The van der Waals surface area contributed by atoms with E-state index in [-0.39, 0.29) is 28.7 Å². The van der Waals surface area contributed by atoms with Gasteiger partial charge in [-0.15, -0.1) is 0 Å². The Balaban J connectivity index is 2.35. The number of nitrogens with two attached hydrogens (primary N) is 1. The Bertz CT molecular complexity index is 635. The second-order valence-corrected chi connectivity index (χ2v) is 3.70. The molecule has 0 amide bonds. The summed E-state index contributed by atoms with van der Waals surface area (Å²) in [6.07, 6.45) is 1.41. The van der Waals surface area contributed by atoms with Gasteiger partial charge in [-0.3, -0.25) is 0 Å². The fraction of sp³-hybridized carbons (Fsp3) is 0.0769. The van der Waals surface area contributed by atoms with Gasteiger partial charge in [0.25, 0.3) is 0 Å². The molecule has 0 fully saturated rings. The number of anilines is 1. The van der Waals surface area contributed by atoms with E-state index in [1.165, 1.54) is 18.3 Å². The number of hydrogen-bond acceptors (Lipinski definition) is 4. The average Bonchev–Trinajstić information content (AvgIpc) is 2.36. The molecule has 0 spiro atoms. The maximum atomic E-state index is 13.3. The number of aryl methyl sites for hydroxylation is 1. The van der Waals surface area contributed by atoms with Crippen molar-refractivity contribution in [2.24, 2.45) is 0 Å². The van der Waals surface area contributed by atoms with Crippen LogP contribution in [-0.2, 0) is 0 Å². The van der Waals surface area contributed by atoms with E-state index in [4.69, 9.17) is 15.7 Å². The molecule has 0 unspecified atom stereocenters. The largest absolute Gasteiger partial charge is 0.437 e. The SMILES string of the molecule is Cc1ccc(Oc2nccc(C#N)c2N)cc1F. The van der Waals surface area contributed by atoms with Crippen molar-refractivity contribution in [2.75, 3.05) is 5.73 Å². The van der Waals surface area contributed by atoms with Crippen LogP contribution in [0.5, 0.6) is 11.6 Å². The van der Waals surface area contributed by atoms with Crippen molar-refractivity contribution < 1.29 is 9.13 Å². The fourth-order valence-electron chi connectivity index (χ4n) is 1.38. The molecule has 2 aromatic rings. The Morgan fingerprint density at radius 1 is 1.39 bits per heavy atom. The van der Waals surface area contributed by atoms with Crippen LogP contribution in [0.25, 0.3) is 0 Å². The molecule has 2 rings (SSSR count). The van der Waals surface area contributed by atoms with E-state index in [1.807, 2.05) is 6.07 Å². The average molecular weight is 243 g/mol. The number of pyridine rings is 1. The van der Waals surface area contributed by atoms with Gasteiger partial charge in [0.05, 0.1) is 5.56 Å². The Morgan fingerprint density at radius 3 is 2.83 bits per heavy atom. The van der Waals surface area contributed by atoms with Gasteiger partial charge >= 0.3 is 0 Å². The molecule has 0 radical (unpaired) electrons. The lowest BCUT2D eigenvalue weighted by atomic mass is 10.2. The van der Waals surface area contributed by atoms with Crippen LogP contribution in [0.15, 0.2) is 30.5 Å². The first-order valence-electron chi connectivity index (χ1n) is 5.20. The zero-order valence-corrected chi connectivity index (χ0v) is 9.64. The number of benzene rings is 1. The second-order valence-electron chi connectivity index (χ2n) is 3.70. The number of ether oxygens (including phenoxy) is 1. The third kappa shape index (κ3) is 2.23. The summed E-state index contributed by atoms with van der Waals surface area (Å²) in [4.78, 5) is 3.91. The second kappa shape index (κ2) is 4.72. The van der Waals surface area contributed by atoms with Crippen molar-refractivity contribution in [1.29, 1.82) is 5.26 Å². The number of aromatic nitrogens is 1. The highest BCUT2D eigenvalue weighted by Crippen LogP contribution is 2.27. The van der Waals surface area contributed by atoms with Crippen LogP contribution >= 0.6 is 0 Å².